The maximum absolute atomic E-state index is 13.5. The molecule has 3 aromatic rings. The monoisotopic (exact) mass is 415 g/mol. The number of hydrogen-bond acceptors (Lipinski definition) is 3. The van der Waals surface area contributed by atoms with Gasteiger partial charge in [-0.1, -0.05) is 24.3 Å². The molecule has 0 bridgehead atoms. The minimum atomic E-state index is -3.73. The van der Waals surface area contributed by atoms with Crippen LogP contribution >= 0.6 is 0 Å². The van der Waals surface area contributed by atoms with Crippen molar-refractivity contribution in [3.8, 4) is 0 Å². The Hall–Kier alpha value is -2.84. The normalized spacial score (nSPS) is 15.4. The third-order valence-corrected chi connectivity index (χ3v) is 6.66. The van der Waals surface area contributed by atoms with Gasteiger partial charge in [-0.3, -0.25) is 0 Å². The summed E-state index contributed by atoms with van der Waals surface area (Å²) in [5.74, 6) is -0.713. The second-order valence-corrected chi connectivity index (χ2v) is 8.66. The van der Waals surface area contributed by atoms with Gasteiger partial charge in [-0.25, -0.2) is 17.7 Å². The molecule has 0 amide bonds. The van der Waals surface area contributed by atoms with Crippen LogP contribution in [0.5, 0.6) is 0 Å². The predicted molar refractivity (Wildman–Crippen MR) is 106 cm³/mol. The second-order valence-electron chi connectivity index (χ2n) is 6.83. The molecule has 2 aromatic carbocycles. The third kappa shape index (κ3) is 3.99. The van der Waals surface area contributed by atoms with Crippen LogP contribution in [0, 0.1) is 11.6 Å². The van der Waals surface area contributed by atoms with Crippen LogP contribution in [0.15, 0.2) is 72.8 Å². The number of halogens is 2. The Morgan fingerprint density at radius 2 is 1.52 bits per heavy atom. The summed E-state index contributed by atoms with van der Waals surface area (Å²) in [6.45, 7) is 0.592. The summed E-state index contributed by atoms with van der Waals surface area (Å²) < 4.78 is 55.2. The van der Waals surface area contributed by atoms with E-state index in [0.717, 1.165) is 26.2 Å². The lowest BCUT2D eigenvalue weighted by molar-refractivity contribution is 0.390. The van der Waals surface area contributed by atoms with Gasteiger partial charge in [0.05, 0.1) is 0 Å². The molecule has 8 heteroatoms. The summed E-state index contributed by atoms with van der Waals surface area (Å²) in [5, 5.41) is 0. The molecule has 0 radical (unpaired) electrons. The number of benzene rings is 2. The quantitative estimate of drug-likeness (QED) is 0.650. The van der Waals surface area contributed by atoms with Gasteiger partial charge in [0.1, 0.15) is 18.0 Å². The van der Waals surface area contributed by atoms with Crippen molar-refractivity contribution < 1.29 is 17.2 Å². The summed E-state index contributed by atoms with van der Waals surface area (Å²) in [7, 11) is -3.73. The topological polar surface area (TPSA) is 55.2 Å². The first-order valence-corrected chi connectivity index (χ1v) is 10.6. The lowest BCUT2D eigenvalue weighted by Crippen LogP contribution is -2.40. The standard InChI is InChI=1S/C21H19F2N3O2S/c22-19-7-3-16(4-8-19)21(17-5-9-20(23)10-6-17)18-2-1-12-25(14-18)29(27,28)26-13-11-24-15-26/h3-11,13,15H,1-2,12,14H2. The molecular weight excluding hydrogens is 396 g/mol. The van der Waals surface area contributed by atoms with Crippen molar-refractivity contribution in [2.45, 2.75) is 12.8 Å². The summed E-state index contributed by atoms with van der Waals surface area (Å²) in [6, 6.07) is 12.1. The Morgan fingerprint density at radius 3 is 2.03 bits per heavy atom. The zero-order valence-electron chi connectivity index (χ0n) is 15.5. The number of aromatic nitrogens is 2. The van der Waals surface area contributed by atoms with E-state index in [1.54, 1.807) is 24.3 Å². The Kier molecular flexibility index (Phi) is 5.29. The first-order chi connectivity index (χ1) is 13.9. The Bertz CT molecular complexity index is 1080. The van der Waals surface area contributed by atoms with Gasteiger partial charge in [-0.2, -0.15) is 12.7 Å². The Morgan fingerprint density at radius 1 is 0.931 bits per heavy atom. The minimum Gasteiger partial charge on any atom is -0.244 e. The van der Waals surface area contributed by atoms with Crippen LogP contribution < -0.4 is 0 Å². The molecule has 2 heterocycles. The van der Waals surface area contributed by atoms with E-state index in [9.17, 15) is 17.2 Å². The van der Waals surface area contributed by atoms with E-state index in [1.807, 2.05) is 0 Å². The SMILES string of the molecule is O=S(=O)(N1CCCC(=C(c2ccc(F)cc2)c2ccc(F)cc2)C1)n1ccnc1. The molecule has 150 valence electrons. The highest BCUT2D eigenvalue weighted by atomic mass is 32.2. The summed E-state index contributed by atoms with van der Waals surface area (Å²) in [5.41, 5.74) is 3.22. The van der Waals surface area contributed by atoms with Crippen LogP contribution in [0.4, 0.5) is 8.78 Å². The zero-order valence-corrected chi connectivity index (χ0v) is 16.3. The van der Waals surface area contributed by atoms with Crippen molar-refractivity contribution >= 4 is 15.8 Å². The predicted octanol–water partition coefficient (Wildman–Crippen LogP) is 3.85. The van der Waals surface area contributed by atoms with Crippen LogP contribution in [0.25, 0.3) is 5.57 Å². The highest BCUT2D eigenvalue weighted by molar-refractivity contribution is 7.87. The molecule has 1 aliphatic rings. The molecule has 0 N–H and O–H groups in total. The van der Waals surface area contributed by atoms with Crippen molar-refractivity contribution in [2.24, 2.45) is 0 Å². The van der Waals surface area contributed by atoms with Gasteiger partial charge in [0.15, 0.2) is 0 Å². The van der Waals surface area contributed by atoms with E-state index in [2.05, 4.69) is 4.98 Å². The molecule has 4 rings (SSSR count). The molecule has 0 atom stereocenters. The molecule has 0 spiro atoms. The molecule has 0 unspecified atom stereocenters. The fourth-order valence-electron chi connectivity index (χ4n) is 3.57. The van der Waals surface area contributed by atoms with E-state index in [0.29, 0.717) is 19.4 Å². The minimum absolute atomic E-state index is 0.199. The van der Waals surface area contributed by atoms with Gasteiger partial charge in [-0.15, -0.1) is 0 Å². The lowest BCUT2D eigenvalue weighted by atomic mass is 9.89. The van der Waals surface area contributed by atoms with E-state index >= 15 is 0 Å². The molecule has 1 fully saturated rings. The molecule has 0 saturated carbocycles. The van der Waals surface area contributed by atoms with Gasteiger partial charge in [0.25, 0.3) is 0 Å². The number of piperidine rings is 1. The molecule has 1 aliphatic heterocycles. The van der Waals surface area contributed by atoms with Crippen LogP contribution in [0.1, 0.15) is 24.0 Å². The van der Waals surface area contributed by atoms with Crippen molar-refractivity contribution in [3.05, 3.63) is 95.6 Å². The first kappa shape index (κ1) is 19.5. The molecule has 0 aliphatic carbocycles. The van der Waals surface area contributed by atoms with Crippen LogP contribution in [0.2, 0.25) is 0 Å². The van der Waals surface area contributed by atoms with E-state index in [1.165, 1.54) is 47.3 Å². The highest BCUT2D eigenvalue weighted by Crippen LogP contribution is 2.32. The Labute approximate surface area is 168 Å². The van der Waals surface area contributed by atoms with Crippen molar-refractivity contribution in [1.29, 1.82) is 0 Å². The van der Waals surface area contributed by atoms with Crippen LogP contribution in [-0.4, -0.2) is 34.8 Å². The van der Waals surface area contributed by atoms with Gasteiger partial charge in [-0.05, 0) is 59.4 Å². The van der Waals surface area contributed by atoms with Crippen molar-refractivity contribution in [3.63, 3.8) is 0 Å². The molecular formula is C21H19F2N3O2S. The molecule has 1 aromatic heterocycles. The smallest absolute Gasteiger partial charge is 0.244 e. The summed E-state index contributed by atoms with van der Waals surface area (Å²) >= 11 is 0. The van der Waals surface area contributed by atoms with Gasteiger partial charge in [0.2, 0.25) is 0 Å². The summed E-state index contributed by atoms with van der Waals surface area (Å²) in [6.07, 6.45) is 5.41. The van der Waals surface area contributed by atoms with E-state index < -0.39 is 10.2 Å². The van der Waals surface area contributed by atoms with Crippen molar-refractivity contribution in [2.75, 3.05) is 13.1 Å². The van der Waals surface area contributed by atoms with Gasteiger partial charge >= 0.3 is 10.2 Å². The largest absolute Gasteiger partial charge is 0.309 e. The number of nitrogens with zero attached hydrogens (tertiary/aromatic N) is 3. The molecule has 5 nitrogen and oxygen atoms in total. The summed E-state index contributed by atoms with van der Waals surface area (Å²) in [4.78, 5) is 3.82. The molecule has 29 heavy (non-hydrogen) atoms. The fraction of sp³-hybridized carbons (Fsp3) is 0.190. The van der Waals surface area contributed by atoms with E-state index in [-0.39, 0.29) is 18.2 Å². The van der Waals surface area contributed by atoms with Crippen molar-refractivity contribution in [1.82, 2.24) is 13.3 Å². The van der Waals surface area contributed by atoms with Gasteiger partial charge < -0.3 is 0 Å². The molecule has 1 saturated heterocycles. The van der Waals surface area contributed by atoms with Gasteiger partial charge in [0, 0.05) is 25.5 Å². The zero-order chi connectivity index (χ0) is 20.4. The number of rotatable bonds is 4. The van der Waals surface area contributed by atoms with Crippen LogP contribution in [-0.2, 0) is 10.2 Å². The van der Waals surface area contributed by atoms with Crippen LogP contribution in [0.3, 0.4) is 0 Å². The maximum atomic E-state index is 13.5. The number of imidazole rings is 1. The fourth-order valence-corrected chi connectivity index (χ4v) is 4.89. The first-order valence-electron chi connectivity index (χ1n) is 9.17. The third-order valence-electron chi connectivity index (χ3n) is 4.95. The number of hydrogen-bond donors (Lipinski definition) is 0. The lowest BCUT2D eigenvalue weighted by Gasteiger charge is -2.30. The van der Waals surface area contributed by atoms with E-state index in [4.69, 9.17) is 0 Å². The second kappa shape index (κ2) is 7.88. The maximum Gasteiger partial charge on any atom is 0.309 e. The highest BCUT2D eigenvalue weighted by Gasteiger charge is 2.29. The average Bonchev–Trinajstić information content (AvgIpc) is 3.27. The Balaban J connectivity index is 1.79. The average molecular weight is 415 g/mol.